The van der Waals surface area contributed by atoms with Crippen molar-refractivity contribution in [3.63, 3.8) is 0 Å². The Labute approximate surface area is 158 Å². The van der Waals surface area contributed by atoms with Crippen LogP contribution in [0, 0.1) is 0 Å². The van der Waals surface area contributed by atoms with E-state index in [1.54, 1.807) is 0 Å². The summed E-state index contributed by atoms with van der Waals surface area (Å²) in [5.74, 6) is 0. The Morgan fingerprint density at radius 2 is 1.46 bits per heavy atom. The number of hydrogen-bond acceptors (Lipinski definition) is 2. The molecule has 0 aliphatic heterocycles. The van der Waals surface area contributed by atoms with Crippen molar-refractivity contribution in [2.45, 2.75) is 26.4 Å². The second kappa shape index (κ2) is 8.98. The summed E-state index contributed by atoms with van der Waals surface area (Å²) in [6.45, 7) is 6.32. The second-order valence-electron chi connectivity index (χ2n) is 7.33. The summed E-state index contributed by atoms with van der Waals surface area (Å²) >= 11 is 0. The average Bonchev–Trinajstić information content (AvgIpc) is 2.66. The molecule has 0 saturated heterocycles. The summed E-state index contributed by atoms with van der Waals surface area (Å²) < 4.78 is 0. The molecule has 0 amide bonds. The van der Waals surface area contributed by atoms with E-state index < -0.39 is 0 Å². The molecule has 0 aromatic heterocycles. The van der Waals surface area contributed by atoms with Crippen LogP contribution in [0.25, 0.3) is 10.8 Å². The molecule has 0 radical (unpaired) electrons. The van der Waals surface area contributed by atoms with Crippen LogP contribution in [0.4, 0.5) is 0 Å². The molecular formula is C24H30N2. The summed E-state index contributed by atoms with van der Waals surface area (Å²) in [7, 11) is 4.29. The normalized spacial score (nSPS) is 11.6. The highest BCUT2D eigenvalue weighted by Crippen LogP contribution is 2.21. The first kappa shape index (κ1) is 18.6. The van der Waals surface area contributed by atoms with Gasteiger partial charge in [-0.05, 0) is 48.0 Å². The quantitative estimate of drug-likeness (QED) is 0.568. The summed E-state index contributed by atoms with van der Waals surface area (Å²) in [5.41, 5.74) is 4.23. The molecule has 0 fully saturated rings. The van der Waals surface area contributed by atoms with Crippen molar-refractivity contribution in [2.75, 3.05) is 27.2 Å². The Balaban J connectivity index is 1.83. The molecule has 3 aromatic carbocycles. The minimum Gasteiger partial charge on any atom is -0.308 e. The van der Waals surface area contributed by atoms with Crippen molar-refractivity contribution < 1.29 is 0 Å². The van der Waals surface area contributed by atoms with Crippen molar-refractivity contribution in [2.24, 2.45) is 0 Å². The van der Waals surface area contributed by atoms with Gasteiger partial charge in [-0.2, -0.15) is 0 Å². The SMILES string of the molecule is CCc1cccc(CN(CCN(C)C)Cc2cccc3ccccc23)c1. The number of likely N-dealkylation sites (N-methyl/N-ethyl adjacent to an activating group) is 1. The van der Waals surface area contributed by atoms with E-state index in [1.165, 1.54) is 27.5 Å². The third-order valence-corrected chi connectivity index (χ3v) is 4.94. The molecule has 0 atom stereocenters. The predicted molar refractivity (Wildman–Crippen MR) is 112 cm³/mol. The largest absolute Gasteiger partial charge is 0.308 e. The smallest absolute Gasteiger partial charge is 0.0243 e. The summed E-state index contributed by atoms with van der Waals surface area (Å²) in [6, 6.07) is 24.4. The molecule has 0 bridgehead atoms. The van der Waals surface area contributed by atoms with Crippen molar-refractivity contribution in [1.29, 1.82) is 0 Å². The molecule has 0 heterocycles. The average molecular weight is 347 g/mol. The first-order valence-corrected chi connectivity index (χ1v) is 9.57. The van der Waals surface area contributed by atoms with Crippen molar-refractivity contribution in [3.8, 4) is 0 Å². The number of nitrogens with zero attached hydrogens (tertiary/aromatic N) is 2. The van der Waals surface area contributed by atoms with Gasteiger partial charge in [-0.25, -0.2) is 0 Å². The van der Waals surface area contributed by atoms with Gasteiger partial charge in [0, 0.05) is 26.2 Å². The fourth-order valence-electron chi connectivity index (χ4n) is 3.43. The van der Waals surface area contributed by atoms with E-state index >= 15 is 0 Å². The van der Waals surface area contributed by atoms with Crippen molar-refractivity contribution in [3.05, 3.63) is 83.4 Å². The predicted octanol–water partition coefficient (Wildman–Crippen LogP) is 4.97. The monoisotopic (exact) mass is 346 g/mol. The van der Waals surface area contributed by atoms with E-state index in [0.717, 1.165) is 32.6 Å². The van der Waals surface area contributed by atoms with E-state index in [2.05, 4.69) is 97.5 Å². The zero-order chi connectivity index (χ0) is 18.4. The van der Waals surface area contributed by atoms with Crippen LogP contribution in [0.3, 0.4) is 0 Å². The van der Waals surface area contributed by atoms with Gasteiger partial charge in [-0.1, -0.05) is 73.7 Å². The summed E-state index contributed by atoms with van der Waals surface area (Å²) in [4.78, 5) is 4.83. The van der Waals surface area contributed by atoms with Gasteiger partial charge in [0.15, 0.2) is 0 Å². The molecule has 0 spiro atoms. The highest BCUT2D eigenvalue weighted by molar-refractivity contribution is 5.85. The summed E-state index contributed by atoms with van der Waals surface area (Å²) in [6.07, 6.45) is 1.09. The number of fused-ring (bicyclic) bond motifs is 1. The standard InChI is InChI=1S/C24H30N2/c1-4-20-9-7-10-21(17-20)18-26(16-15-25(2)3)19-23-13-8-12-22-11-5-6-14-24(22)23/h5-14,17H,4,15-16,18-19H2,1-3H3. The maximum Gasteiger partial charge on any atom is 0.0243 e. The Kier molecular flexibility index (Phi) is 6.43. The minimum atomic E-state index is 0.978. The lowest BCUT2D eigenvalue weighted by Gasteiger charge is -2.25. The zero-order valence-corrected chi connectivity index (χ0v) is 16.3. The maximum atomic E-state index is 2.57. The topological polar surface area (TPSA) is 6.48 Å². The zero-order valence-electron chi connectivity index (χ0n) is 16.3. The lowest BCUT2D eigenvalue weighted by molar-refractivity contribution is 0.227. The molecule has 0 saturated carbocycles. The molecule has 3 rings (SSSR count). The van der Waals surface area contributed by atoms with Gasteiger partial charge in [-0.3, -0.25) is 4.90 Å². The van der Waals surface area contributed by atoms with E-state index in [0.29, 0.717) is 0 Å². The fourth-order valence-corrected chi connectivity index (χ4v) is 3.43. The van der Waals surface area contributed by atoms with Crippen LogP contribution in [0.2, 0.25) is 0 Å². The van der Waals surface area contributed by atoms with E-state index in [9.17, 15) is 0 Å². The van der Waals surface area contributed by atoms with Crippen LogP contribution in [-0.4, -0.2) is 37.0 Å². The van der Waals surface area contributed by atoms with Crippen molar-refractivity contribution >= 4 is 10.8 Å². The van der Waals surface area contributed by atoms with Crippen LogP contribution < -0.4 is 0 Å². The minimum absolute atomic E-state index is 0.978. The van der Waals surface area contributed by atoms with Gasteiger partial charge < -0.3 is 4.90 Å². The summed E-state index contributed by atoms with van der Waals surface area (Å²) in [5, 5.41) is 2.69. The van der Waals surface area contributed by atoms with E-state index in [1.807, 2.05) is 0 Å². The van der Waals surface area contributed by atoms with Gasteiger partial charge >= 0.3 is 0 Å². The van der Waals surface area contributed by atoms with Gasteiger partial charge in [-0.15, -0.1) is 0 Å². The first-order valence-electron chi connectivity index (χ1n) is 9.57. The van der Waals surface area contributed by atoms with Crippen LogP contribution in [-0.2, 0) is 19.5 Å². The molecule has 2 nitrogen and oxygen atoms in total. The van der Waals surface area contributed by atoms with Crippen LogP contribution >= 0.6 is 0 Å². The lowest BCUT2D eigenvalue weighted by atomic mass is 10.0. The number of benzene rings is 3. The highest BCUT2D eigenvalue weighted by Gasteiger charge is 2.10. The molecular weight excluding hydrogens is 316 g/mol. The third-order valence-electron chi connectivity index (χ3n) is 4.94. The Morgan fingerprint density at radius 1 is 0.731 bits per heavy atom. The van der Waals surface area contributed by atoms with Gasteiger partial charge in [0.1, 0.15) is 0 Å². The van der Waals surface area contributed by atoms with Gasteiger partial charge in [0.05, 0.1) is 0 Å². The number of rotatable bonds is 8. The Bertz CT molecular complexity index is 833. The number of aryl methyl sites for hydroxylation is 1. The van der Waals surface area contributed by atoms with Gasteiger partial charge in [0.25, 0.3) is 0 Å². The molecule has 26 heavy (non-hydrogen) atoms. The molecule has 0 aliphatic carbocycles. The molecule has 0 N–H and O–H groups in total. The Morgan fingerprint density at radius 3 is 2.27 bits per heavy atom. The first-order chi connectivity index (χ1) is 12.7. The van der Waals surface area contributed by atoms with Crippen LogP contribution in [0.1, 0.15) is 23.6 Å². The molecule has 0 aliphatic rings. The molecule has 2 heteroatoms. The van der Waals surface area contributed by atoms with E-state index in [-0.39, 0.29) is 0 Å². The van der Waals surface area contributed by atoms with Crippen LogP contribution in [0.5, 0.6) is 0 Å². The molecule has 3 aromatic rings. The lowest BCUT2D eigenvalue weighted by Crippen LogP contribution is -2.31. The van der Waals surface area contributed by atoms with E-state index in [4.69, 9.17) is 0 Å². The maximum absolute atomic E-state index is 2.57. The highest BCUT2D eigenvalue weighted by atomic mass is 15.2. The third kappa shape index (κ3) is 4.94. The van der Waals surface area contributed by atoms with Crippen molar-refractivity contribution in [1.82, 2.24) is 9.80 Å². The number of hydrogen-bond donors (Lipinski definition) is 0. The molecule has 0 unspecified atom stereocenters. The Hall–Kier alpha value is -2.16. The molecule has 136 valence electrons. The van der Waals surface area contributed by atoms with Gasteiger partial charge in [0.2, 0.25) is 0 Å². The second-order valence-corrected chi connectivity index (χ2v) is 7.33. The fraction of sp³-hybridized carbons (Fsp3) is 0.333. The van der Waals surface area contributed by atoms with Crippen LogP contribution in [0.15, 0.2) is 66.7 Å².